The third kappa shape index (κ3) is 2.50. The van der Waals surface area contributed by atoms with E-state index in [1.807, 2.05) is 6.20 Å². The molecule has 1 N–H and O–H groups in total. The second kappa shape index (κ2) is 5.25. The molecule has 1 aliphatic rings. The maximum Gasteiger partial charge on any atom is 0.147 e. The van der Waals surface area contributed by atoms with Crippen molar-refractivity contribution in [3.05, 3.63) is 18.6 Å². The van der Waals surface area contributed by atoms with Gasteiger partial charge in [0.15, 0.2) is 0 Å². The lowest BCUT2D eigenvalue weighted by atomic mass is 9.90. The van der Waals surface area contributed by atoms with Gasteiger partial charge in [0.05, 0.1) is 6.20 Å². The zero-order chi connectivity index (χ0) is 11.4. The molecule has 0 saturated heterocycles. The Morgan fingerprint density at radius 1 is 1.25 bits per heavy atom. The van der Waals surface area contributed by atoms with E-state index in [2.05, 4.69) is 34.3 Å². The van der Waals surface area contributed by atoms with Crippen LogP contribution < -0.4 is 10.2 Å². The van der Waals surface area contributed by atoms with Crippen molar-refractivity contribution in [3.63, 3.8) is 0 Å². The predicted octanol–water partition coefficient (Wildman–Crippen LogP) is 1.44. The van der Waals surface area contributed by atoms with E-state index < -0.39 is 0 Å². The van der Waals surface area contributed by atoms with Gasteiger partial charge < -0.3 is 10.2 Å². The van der Waals surface area contributed by atoms with Crippen LogP contribution in [0.1, 0.15) is 25.7 Å². The van der Waals surface area contributed by atoms with Crippen LogP contribution in [-0.2, 0) is 0 Å². The van der Waals surface area contributed by atoms with E-state index in [4.69, 9.17) is 0 Å². The molecular weight excluding hydrogens is 200 g/mol. The first-order chi connectivity index (χ1) is 7.81. The summed E-state index contributed by atoms with van der Waals surface area (Å²) in [5, 5.41) is 3.36. The van der Waals surface area contributed by atoms with E-state index >= 15 is 0 Å². The Morgan fingerprint density at radius 2 is 2.00 bits per heavy atom. The molecule has 16 heavy (non-hydrogen) atoms. The van der Waals surface area contributed by atoms with Crippen molar-refractivity contribution >= 4 is 5.82 Å². The van der Waals surface area contributed by atoms with Crippen LogP contribution in [0.3, 0.4) is 0 Å². The summed E-state index contributed by atoms with van der Waals surface area (Å²) in [4.78, 5) is 10.7. The molecule has 0 radical (unpaired) electrons. The SMILES string of the molecule is CNC1CCC(N(C)c2cnccn2)CC1. The Bertz CT molecular complexity index is 306. The first kappa shape index (κ1) is 11.3. The highest BCUT2D eigenvalue weighted by molar-refractivity contribution is 5.35. The second-order valence-electron chi connectivity index (χ2n) is 4.47. The molecule has 1 saturated carbocycles. The van der Waals surface area contributed by atoms with Crippen LogP contribution in [0.5, 0.6) is 0 Å². The third-order valence-electron chi connectivity index (χ3n) is 3.56. The molecule has 1 aromatic heterocycles. The summed E-state index contributed by atoms with van der Waals surface area (Å²) in [5.74, 6) is 0.982. The van der Waals surface area contributed by atoms with E-state index in [0.29, 0.717) is 12.1 Å². The van der Waals surface area contributed by atoms with Crippen molar-refractivity contribution in [2.45, 2.75) is 37.8 Å². The zero-order valence-electron chi connectivity index (χ0n) is 10.1. The lowest BCUT2D eigenvalue weighted by Crippen LogP contribution is -2.40. The Kier molecular flexibility index (Phi) is 3.72. The van der Waals surface area contributed by atoms with Crippen LogP contribution in [0.4, 0.5) is 5.82 Å². The number of hydrogen-bond acceptors (Lipinski definition) is 4. The molecule has 0 bridgehead atoms. The monoisotopic (exact) mass is 220 g/mol. The predicted molar refractivity (Wildman–Crippen MR) is 65.5 cm³/mol. The van der Waals surface area contributed by atoms with Crippen molar-refractivity contribution in [2.75, 3.05) is 19.0 Å². The van der Waals surface area contributed by atoms with Gasteiger partial charge in [0.2, 0.25) is 0 Å². The van der Waals surface area contributed by atoms with Crippen LogP contribution in [0.2, 0.25) is 0 Å². The van der Waals surface area contributed by atoms with E-state index in [1.165, 1.54) is 25.7 Å². The highest BCUT2D eigenvalue weighted by Gasteiger charge is 2.23. The van der Waals surface area contributed by atoms with Gasteiger partial charge in [-0.25, -0.2) is 4.98 Å². The number of hydrogen-bond donors (Lipinski definition) is 1. The van der Waals surface area contributed by atoms with Crippen molar-refractivity contribution in [2.24, 2.45) is 0 Å². The molecule has 1 aromatic rings. The summed E-state index contributed by atoms with van der Waals surface area (Å²) >= 11 is 0. The maximum atomic E-state index is 4.34. The average Bonchev–Trinajstić information content (AvgIpc) is 2.39. The Morgan fingerprint density at radius 3 is 2.56 bits per heavy atom. The quantitative estimate of drug-likeness (QED) is 0.837. The summed E-state index contributed by atoms with van der Waals surface area (Å²) in [6.45, 7) is 0. The van der Waals surface area contributed by atoms with Crippen LogP contribution in [0, 0.1) is 0 Å². The van der Waals surface area contributed by atoms with E-state index in [0.717, 1.165) is 5.82 Å². The van der Waals surface area contributed by atoms with E-state index in [-0.39, 0.29) is 0 Å². The van der Waals surface area contributed by atoms with E-state index in [1.54, 1.807) is 12.4 Å². The molecule has 2 rings (SSSR count). The largest absolute Gasteiger partial charge is 0.355 e. The number of anilines is 1. The number of nitrogens with one attached hydrogen (secondary N) is 1. The van der Waals surface area contributed by atoms with Crippen LogP contribution in [0.15, 0.2) is 18.6 Å². The summed E-state index contributed by atoms with van der Waals surface area (Å²) in [6.07, 6.45) is 10.3. The molecule has 88 valence electrons. The molecular formula is C12H20N4. The molecule has 0 aliphatic heterocycles. The molecule has 4 heteroatoms. The molecule has 0 unspecified atom stereocenters. The summed E-state index contributed by atoms with van der Waals surface area (Å²) in [7, 11) is 4.17. The van der Waals surface area contributed by atoms with Gasteiger partial charge in [-0.2, -0.15) is 0 Å². The molecule has 0 aromatic carbocycles. The minimum atomic E-state index is 0.612. The Hall–Kier alpha value is -1.16. The van der Waals surface area contributed by atoms with Crippen LogP contribution in [-0.4, -0.2) is 36.1 Å². The summed E-state index contributed by atoms with van der Waals surface area (Å²) < 4.78 is 0. The molecule has 4 nitrogen and oxygen atoms in total. The van der Waals surface area contributed by atoms with Crippen molar-refractivity contribution in [1.82, 2.24) is 15.3 Å². The molecule has 0 amide bonds. The normalized spacial score (nSPS) is 25.4. The van der Waals surface area contributed by atoms with Crippen LogP contribution in [0.25, 0.3) is 0 Å². The van der Waals surface area contributed by atoms with Gasteiger partial charge >= 0.3 is 0 Å². The standard InChI is InChI=1S/C12H20N4/c1-13-10-3-5-11(6-4-10)16(2)12-9-14-7-8-15-12/h7-11,13H,3-6H2,1-2H3. The molecule has 1 fully saturated rings. The first-order valence-electron chi connectivity index (χ1n) is 5.97. The van der Waals surface area contributed by atoms with E-state index in [9.17, 15) is 0 Å². The number of aromatic nitrogens is 2. The average molecular weight is 220 g/mol. The van der Waals surface area contributed by atoms with Crippen molar-refractivity contribution in [3.8, 4) is 0 Å². The summed E-state index contributed by atoms with van der Waals surface area (Å²) in [5.41, 5.74) is 0. The van der Waals surface area contributed by atoms with Gasteiger partial charge in [-0.05, 0) is 32.7 Å². The topological polar surface area (TPSA) is 41.0 Å². The van der Waals surface area contributed by atoms with Gasteiger partial charge in [-0.15, -0.1) is 0 Å². The number of nitrogens with zero attached hydrogens (tertiary/aromatic N) is 3. The fourth-order valence-corrected chi connectivity index (χ4v) is 2.41. The smallest absolute Gasteiger partial charge is 0.147 e. The Labute approximate surface area is 97.1 Å². The maximum absolute atomic E-state index is 4.34. The van der Waals surface area contributed by atoms with Crippen molar-refractivity contribution < 1.29 is 0 Å². The molecule has 1 aliphatic carbocycles. The zero-order valence-corrected chi connectivity index (χ0v) is 10.1. The fourth-order valence-electron chi connectivity index (χ4n) is 2.41. The highest BCUT2D eigenvalue weighted by Crippen LogP contribution is 2.24. The van der Waals surface area contributed by atoms with Crippen molar-refractivity contribution in [1.29, 1.82) is 0 Å². The van der Waals surface area contributed by atoms with Gasteiger partial charge in [0, 0.05) is 31.5 Å². The lowest BCUT2D eigenvalue weighted by molar-refractivity contribution is 0.350. The first-order valence-corrected chi connectivity index (χ1v) is 5.97. The van der Waals surface area contributed by atoms with Gasteiger partial charge in [-0.1, -0.05) is 0 Å². The van der Waals surface area contributed by atoms with Gasteiger partial charge in [0.25, 0.3) is 0 Å². The molecule has 0 spiro atoms. The molecule has 1 heterocycles. The highest BCUT2D eigenvalue weighted by atomic mass is 15.2. The lowest BCUT2D eigenvalue weighted by Gasteiger charge is -2.35. The Balaban J connectivity index is 1.94. The van der Waals surface area contributed by atoms with Gasteiger partial charge in [-0.3, -0.25) is 4.98 Å². The number of rotatable bonds is 3. The minimum Gasteiger partial charge on any atom is -0.355 e. The van der Waals surface area contributed by atoms with Gasteiger partial charge in [0.1, 0.15) is 5.82 Å². The molecule has 0 atom stereocenters. The minimum absolute atomic E-state index is 0.612. The fraction of sp³-hybridized carbons (Fsp3) is 0.667. The third-order valence-corrected chi connectivity index (χ3v) is 3.56. The second-order valence-corrected chi connectivity index (χ2v) is 4.47. The van der Waals surface area contributed by atoms with Crippen LogP contribution >= 0.6 is 0 Å². The summed E-state index contributed by atoms with van der Waals surface area (Å²) in [6, 6.07) is 1.31.